The predicted octanol–water partition coefficient (Wildman–Crippen LogP) is 5.23. The smallest absolute Gasteiger partial charge is 0.129 e. The number of ketones is 1. The van der Waals surface area contributed by atoms with Gasteiger partial charge in [-0.2, -0.15) is 0 Å². The number of rotatable bonds is 8. The first-order chi connectivity index (χ1) is 8.50. The lowest BCUT2D eigenvalue weighted by Gasteiger charge is -2.24. The average Bonchev–Trinajstić information content (AvgIpc) is 2.86. The molecule has 0 radical (unpaired) electrons. The van der Waals surface area contributed by atoms with Crippen LogP contribution in [0.1, 0.15) is 79.1 Å². The molecule has 1 fully saturated rings. The van der Waals surface area contributed by atoms with Crippen LogP contribution in [0.3, 0.4) is 0 Å². The van der Waals surface area contributed by atoms with Gasteiger partial charge in [-0.1, -0.05) is 59.3 Å². The third-order valence-corrected chi connectivity index (χ3v) is 5.21. The van der Waals surface area contributed by atoms with Crippen LogP contribution in [0.2, 0.25) is 0 Å². The number of carbonyl (C=O) groups excluding carboxylic acids is 1. The molecule has 0 aromatic carbocycles. The number of hydrogen-bond acceptors (Lipinski definition) is 1. The first-order valence-electron chi connectivity index (χ1n) is 8.00. The van der Waals surface area contributed by atoms with E-state index < -0.39 is 0 Å². The Balaban J connectivity index is 2.18. The zero-order chi connectivity index (χ0) is 13.5. The van der Waals surface area contributed by atoms with Gasteiger partial charge < -0.3 is 4.79 Å². The maximum Gasteiger partial charge on any atom is 0.129 e. The Kier molecular flexibility index (Phi) is 6.96. The highest BCUT2D eigenvalue weighted by atomic mass is 16.1. The summed E-state index contributed by atoms with van der Waals surface area (Å²) < 4.78 is 0. The minimum absolute atomic E-state index is 0.341. The second-order valence-corrected chi connectivity index (χ2v) is 6.79. The van der Waals surface area contributed by atoms with Crippen LogP contribution < -0.4 is 0 Å². The number of carbonyl (C=O) groups is 1. The Morgan fingerprint density at radius 2 is 1.56 bits per heavy atom. The SMILES string of the molecule is CC(=O)CCC(C)C(C)CCC(C)C1CCCC1. The first-order valence-corrected chi connectivity index (χ1v) is 8.00. The Hall–Kier alpha value is -0.330. The van der Waals surface area contributed by atoms with Crippen LogP contribution in [0.25, 0.3) is 0 Å². The highest BCUT2D eigenvalue weighted by Crippen LogP contribution is 2.35. The van der Waals surface area contributed by atoms with Crippen LogP contribution in [0, 0.1) is 23.7 Å². The van der Waals surface area contributed by atoms with Gasteiger partial charge in [0, 0.05) is 6.42 Å². The monoisotopic (exact) mass is 252 g/mol. The quantitative estimate of drug-likeness (QED) is 0.578. The van der Waals surface area contributed by atoms with E-state index in [1.165, 1.54) is 38.5 Å². The molecule has 1 aliphatic carbocycles. The summed E-state index contributed by atoms with van der Waals surface area (Å²) in [5.74, 6) is 3.73. The largest absolute Gasteiger partial charge is 0.300 e. The zero-order valence-corrected chi connectivity index (χ0v) is 12.9. The van der Waals surface area contributed by atoms with Crippen LogP contribution in [0.4, 0.5) is 0 Å². The molecule has 1 saturated carbocycles. The molecule has 3 atom stereocenters. The van der Waals surface area contributed by atoms with E-state index in [0.717, 1.165) is 30.6 Å². The Morgan fingerprint density at radius 1 is 1.00 bits per heavy atom. The van der Waals surface area contributed by atoms with Crippen molar-refractivity contribution in [1.29, 1.82) is 0 Å². The van der Waals surface area contributed by atoms with Gasteiger partial charge in [0.2, 0.25) is 0 Å². The molecule has 0 bridgehead atoms. The van der Waals surface area contributed by atoms with Gasteiger partial charge in [-0.25, -0.2) is 0 Å². The van der Waals surface area contributed by atoms with E-state index in [4.69, 9.17) is 0 Å². The molecule has 1 rings (SSSR count). The summed E-state index contributed by atoms with van der Waals surface area (Å²) in [6, 6.07) is 0. The van der Waals surface area contributed by atoms with Gasteiger partial charge in [0.25, 0.3) is 0 Å². The number of Topliss-reactive ketones (excluding diaryl/α,β-unsaturated/α-hetero) is 1. The molecule has 0 aromatic rings. The third-order valence-electron chi connectivity index (χ3n) is 5.21. The van der Waals surface area contributed by atoms with Crippen molar-refractivity contribution in [2.75, 3.05) is 0 Å². The molecule has 1 aliphatic rings. The van der Waals surface area contributed by atoms with Crippen molar-refractivity contribution in [1.82, 2.24) is 0 Å². The maximum atomic E-state index is 11.0. The fraction of sp³-hybridized carbons (Fsp3) is 0.941. The lowest BCUT2D eigenvalue weighted by molar-refractivity contribution is -0.117. The molecule has 0 aliphatic heterocycles. The minimum atomic E-state index is 0.341. The van der Waals surface area contributed by atoms with E-state index >= 15 is 0 Å². The average molecular weight is 252 g/mol. The topological polar surface area (TPSA) is 17.1 Å². The molecule has 0 aromatic heterocycles. The molecule has 1 heteroatoms. The van der Waals surface area contributed by atoms with Gasteiger partial charge in [-0.05, 0) is 37.0 Å². The van der Waals surface area contributed by atoms with E-state index in [2.05, 4.69) is 20.8 Å². The van der Waals surface area contributed by atoms with Crippen molar-refractivity contribution < 1.29 is 4.79 Å². The summed E-state index contributed by atoms with van der Waals surface area (Å²) in [4.78, 5) is 11.0. The van der Waals surface area contributed by atoms with E-state index in [1.54, 1.807) is 6.92 Å². The van der Waals surface area contributed by atoms with Crippen molar-refractivity contribution in [2.45, 2.75) is 79.1 Å². The van der Waals surface area contributed by atoms with E-state index in [9.17, 15) is 4.79 Å². The fourth-order valence-corrected chi connectivity index (χ4v) is 3.29. The maximum absolute atomic E-state index is 11.0. The summed E-state index contributed by atoms with van der Waals surface area (Å²) in [7, 11) is 0. The molecule has 3 unspecified atom stereocenters. The predicted molar refractivity (Wildman–Crippen MR) is 78.6 cm³/mol. The Morgan fingerprint density at radius 3 is 2.11 bits per heavy atom. The van der Waals surface area contributed by atoms with Gasteiger partial charge in [-0.15, -0.1) is 0 Å². The second-order valence-electron chi connectivity index (χ2n) is 6.79. The van der Waals surface area contributed by atoms with Gasteiger partial charge in [0.05, 0.1) is 0 Å². The molecule has 18 heavy (non-hydrogen) atoms. The minimum Gasteiger partial charge on any atom is -0.300 e. The van der Waals surface area contributed by atoms with Gasteiger partial charge in [0.15, 0.2) is 0 Å². The molecular formula is C17H32O. The highest BCUT2D eigenvalue weighted by Gasteiger charge is 2.22. The van der Waals surface area contributed by atoms with Crippen molar-refractivity contribution in [3.63, 3.8) is 0 Å². The normalized spacial score (nSPS) is 21.8. The summed E-state index contributed by atoms with van der Waals surface area (Å²) >= 11 is 0. The molecular weight excluding hydrogens is 220 g/mol. The Bertz CT molecular complexity index is 240. The van der Waals surface area contributed by atoms with Crippen LogP contribution in [-0.2, 0) is 4.79 Å². The summed E-state index contributed by atoms with van der Waals surface area (Å²) in [6.07, 6.45) is 10.4. The summed E-state index contributed by atoms with van der Waals surface area (Å²) in [6.45, 7) is 8.84. The lowest BCUT2D eigenvalue weighted by atomic mass is 9.82. The van der Waals surface area contributed by atoms with Crippen molar-refractivity contribution >= 4 is 5.78 Å². The lowest BCUT2D eigenvalue weighted by Crippen LogP contribution is -2.13. The van der Waals surface area contributed by atoms with E-state index in [1.807, 2.05) is 0 Å². The third kappa shape index (κ3) is 5.54. The van der Waals surface area contributed by atoms with Crippen molar-refractivity contribution in [3.05, 3.63) is 0 Å². The van der Waals surface area contributed by atoms with Crippen molar-refractivity contribution in [3.8, 4) is 0 Å². The molecule has 0 amide bonds. The zero-order valence-electron chi connectivity index (χ0n) is 12.9. The molecule has 0 N–H and O–H groups in total. The van der Waals surface area contributed by atoms with Gasteiger partial charge >= 0.3 is 0 Å². The number of hydrogen-bond donors (Lipinski definition) is 0. The molecule has 1 nitrogen and oxygen atoms in total. The summed E-state index contributed by atoms with van der Waals surface area (Å²) in [5, 5.41) is 0. The van der Waals surface area contributed by atoms with Gasteiger partial charge in [0.1, 0.15) is 5.78 Å². The van der Waals surface area contributed by atoms with Gasteiger partial charge in [-0.3, -0.25) is 0 Å². The molecule has 0 saturated heterocycles. The molecule has 0 heterocycles. The molecule has 106 valence electrons. The standard InChI is InChI=1S/C17H32O/c1-13(14(2)11-12-16(4)18)9-10-15(3)17-7-5-6-8-17/h13-15,17H,5-12H2,1-4H3. The van der Waals surface area contributed by atoms with E-state index in [0.29, 0.717) is 11.7 Å². The molecule has 0 spiro atoms. The fourth-order valence-electron chi connectivity index (χ4n) is 3.29. The van der Waals surface area contributed by atoms with Crippen molar-refractivity contribution in [2.24, 2.45) is 23.7 Å². The van der Waals surface area contributed by atoms with E-state index in [-0.39, 0.29) is 0 Å². The highest BCUT2D eigenvalue weighted by molar-refractivity contribution is 5.75. The summed E-state index contributed by atoms with van der Waals surface area (Å²) in [5.41, 5.74) is 0. The van der Waals surface area contributed by atoms with Crippen LogP contribution >= 0.6 is 0 Å². The van der Waals surface area contributed by atoms with Crippen LogP contribution in [-0.4, -0.2) is 5.78 Å². The second kappa shape index (κ2) is 7.96. The van der Waals surface area contributed by atoms with Crippen LogP contribution in [0.15, 0.2) is 0 Å². The first kappa shape index (κ1) is 15.7. The van der Waals surface area contributed by atoms with Crippen LogP contribution in [0.5, 0.6) is 0 Å². The Labute approximate surface area is 114 Å².